The Morgan fingerprint density at radius 1 is 0.966 bits per heavy atom. The van der Waals surface area contributed by atoms with Crippen molar-refractivity contribution in [2.24, 2.45) is 0 Å². The van der Waals surface area contributed by atoms with Crippen molar-refractivity contribution in [3.05, 3.63) is 99.8 Å². The maximum atomic E-state index is 12.7. The standard InChI is InChI=1S/C23H19Cl2N3O/c1-15(26-23(29)17-9-3-5-11-19(17)25)22-27-20-12-6-7-13-21(20)28(22)14-16-8-2-4-10-18(16)24/h2-13,15H,14H2,1H3,(H,26,29). The van der Waals surface area contributed by atoms with E-state index >= 15 is 0 Å². The number of nitrogens with zero attached hydrogens (tertiary/aromatic N) is 2. The van der Waals surface area contributed by atoms with Crippen molar-refractivity contribution >= 4 is 40.1 Å². The van der Waals surface area contributed by atoms with E-state index in [1.54, 1.807) is 24.3 Å². The molecule has 4 nitrogen and oxygen atoms in total. The van der Waals surface area contributed by atoms with E-state index in [2.05, 4.69) is 9.88 Å². The van der Waals surface area contributed by atoms with Gasteiger partial charge in [0.2, 0.25) is 0 Å². The van der Waals surface area contributed by atoms with Gasteiger partial charge in [-0.15, -0.1) is 0 Å². The van der Waals surface area contributed by atoms with Gasteiger partial charge in [0, 0.05) is 5.02 Å². The van der Waals surface area contributed by atoms with E-state index in [0.717, 1.165) is 22.4 Å². The zero-order chi connectivity index (χ0) is 20.4. The molecule has 1 N–H and O–H groups in total. The SMILES string of the molecule is CC(NC(=O)c1ccccc1Cl)c1nc2ccccc2n1Cc1ccccc1Cl. The van der Waals surface area contributed by atoms with Crippen LogP contribution in [0.4, 0.5) is 0 Å². The lowest BCUT2D eigenvalue weighted by atomic mass is 10.2. The van der Waals surface area contributed by atoms with Crippen LogP contribution >= 0.6 is 23.2 Å². The van der Waals surface area contributed by atoms with Crippen molar-refractivity contribution in [1.29, 1.82) is 0 Å². The summed E-state index contributed by atoms with van der Waals surface area (Å²) in [5.41, 5.74) is 3.28. The Bertz CT molecular complexity index is 1190. The predicted molar refractivity (Wildman–Crippen MR) is 118 cm³/mol. The second kappa shape index (κ2) is 8.27. The van der Waals surface area contributed by atoms with Crippen molar-refractivity contribution in [3.8, 4) is 0 Å². The monoisotopic (exact) mass is 423 g/mol. The van der Waals surface area contributed by atoms with Crippen molar-refractivity contribution in [1.82, 2.24) is 14.9 Å². The van der Waals surface area contributed by atoms with Gasteiger partial charge < -0.3 is 9.88 Å². The summed E-state index contributed by atoms with van der Waals surface area (Å²) in [6.45, 7) is 2.47. The lowest BCUT2D eigenvalue weighted by Gasteiger charge is -2.17. The van der Waals surface area contributed by atoms with Gasteiger partial charge >= 0.3 is 0 Å². The Balaban J connectivity index is 1.70. The molecule has 0 radical (unpaired) electrons. The maximum absolute atomic E-state index is 12.7. The van der Waals surface area contributed by atoms with Crippen LogP contribution in [0.2, 0.25) is 10.0 Å². The van der Waals surface area contributed by atoms with E-state index in [1.165, 1.54) is 0 Å². The van der Waals surface area contributed by atoms with Gasteiger partial charge in [0.05, 0.1) is 34.2 Å². The first kappa shape index (κ1) is 19.5. The van der Waals surface area contributed by atoms with Crippen LogP contribution in [0.1, 0.15) is 34.7 Å². The van der Waals surface area contributed by atoms with Crippen molar-refractivity contribution in [2.45, 2.75) is 19.5 Å². The molecule has 0 aliphatic heterocycles. The number of amides is 1. The van der Waals surface area contributed by atoms with E-state index in [1.807, 2.05) is 55.5 Å². The first-order chi connectivity index (χ1) is 14.0. The number of para-hydroxylation sites is 2. The zero-order valence-electron chi connectivity index (χ0n) is 15.8. The second-order valence-corrected chi connectivity index (χ2v) is 7.63. The number of benzene rings is 3. The number of hydrogen-bond donors (Lipinski definition) is 1. The minimum Gasteiger partial charge on any atom is -0.342 e. The van der Waals surface area contributed by atoms with E-state index in [4.69, 9.17) is 28.2 Å². The number of fused-ring (bicyclic) bond motifs is 1. The normalized spacial score (nSPS) is 12.1. The molecule has 146 valence electrons. The highest BCUT2D eigenvalue weighted by atomic mass is 35.5. The van der Waals surface area contributed by atoms with Crippen LogP contribution in [0.25, 0.3) is 11.0 Å². The Morgan fingerprint density at radius 3 is 2.38 bits per heavy atom. The van der Waals surface area contributed by atoms with Gasteiger partial charge in [-0.25, -0.2) is 4.98 Å². The number of carbonyl (C=O) groups is 1. The van der Waals surface area contributed by atoms with Gasteiger partial charge in [0.25, 0.3) is 5.91 Å². The molecule has 1 heterocycles. The number of carbonyl (C=O) groups excluding carboxylic acids is 1. The van der Waals surface area contributed by atoms with Gasteiger partial charge in [-0.3, -0.25) is 4.79 Å². The minimum absolute atomic E-state index is 0.237. The summed E-state index contributed by atoms with van der Waals surface area (Å²) in [7, 11) is 0. The fraction of sp³-hybridized carbons (Fsp3) is 0.130. The van der Waals surface area contributed by atoms with Crippen molar-refractivity contribution < 1.29 is 4.79 Å². The third-order valence-electron chi connectivity index (χ3n) is 4.82. The number of rotatable bonds is 5. The Kier molecular flexibility index (Phi) is 5.56. The number of halogens is 2. The largest absolute Gasteiger partial charge is 0.342 e. The molecule has 6 heteroatoms. The minimum atomic E-state index is -0.325. The van der Waals surface area contributed by atoms with Crippen LogP contribution in [0, 0.1) is 0 Å². The van der Waals surface area contributed by atoms with Crippen molar-refractivity contribution in [2.75, 3.05) is 0 Å². The summed E-state index contributed by atoms with van der Waals surface area (Å²) in [4.78, 5) is 17.5. The first-order valence-electron chi connectivity index (χ1n) is 9.28. The molecule has 0 saturated heterocycles. The number of hydrogen-bond acceptors (Lipinski definition) is 2. The average molecular weight is 424 g/mol. The molecule has 1 amide bonds. The van der Waals surface area contributed by atoms with Crippen LogP contribution in [0.5, 0.6) is 0 Å². The second-order valence-electron chi connectivity index (χ2n) is 6.81. The molecule has 4 rings (SSSR count). The number of nitrogens with one attached hydrogen (secondary N) is 1. The molecule has 1 aromatic heterocycles. The quantitative estimate of drug-likeness (QED) is 0.435. The predicted octanol–water partition coefficient (Wildman–Crippen LogP) is 5.88. The zero-order valence-corrected chi connectivity index (χ0v) is 17.3. The molecule has 0 spiro atoms. The summed E-state index contributed by atoms with van der Waals surface area (Å²) in [6, 6.07) is 22.3. The van der Waals surface area contributed by atoms with E-state index in [9.17, 15) is 4.79 Å². The molecule has 29 heavy (non-hydrogen) atoms. The van der Waals surface area contributed by atoms with E-state index < -0.39 is 0 Å². The Hall–Kier alpha value is -2.82. The smallest absolute Gasteiger partial charge is 0.253 e. The fourth-order valence-corrected chi connectivity index (χ4v) is 3.79. The molecule has 4 aromatic rings. The van der Waals surface area contributed by atoms with Gasteiger partial charge in [-0.2, -0.15) is 0 Å². The van der Waals surface area contributed by atoms with Crippen LogP contribution in [-0.4, -0.2) is 15.5 Å². The molecule has 0 aliphatic carbocycles. The summed E-state index contributed by atoms with van der Waals surface area (Å²) in [5.74, 6) is 0.519. The van der Waals surface area contributed by atoms with Gasteiger partial charge in [0.15, 0.2) is 0 Å². The molecule has 0 aliphatic rings. The van der Waals surface area contributed by atoms with Crippen LogP contribution in [0.15, 0.2) is 72.8 Å². The third kappa shape index (κ3) is 4.00. The van der Waals surface area contributed by atoms with Crippen LogP contribution in [0.3, 0.4) is 0 Å². The van der Waals surface area contributed by atoms with Gasteiger partial charge in [0.1, 0.15) is 5.82 Å². The molecular weight excluding hydrogens is 405 g/mol. The van der Waals surface area contributed by atoms with Crippen molar-refractivity contribution in [3.63, 3.8) is 0 Å². The van der Waals surface area contributed by atoms with Crippen LogP contribution < -0.4 is 5.32 Å². The molecular formula is C23H19Cl2N3O. The summed E-state index contributed by atoms with van der Waals surface area (Å²) in [6.07, 6.45) is 0. The van der Waals surface area contributed by atoms with Gasteiger partial charge in [-0.1, -0.05) is 65.7 Å². The highest BCUT2D eigenvalue weighted by Crippen LogP contribution is 2.25. The van der Waals surface area contributed by atoms with Gasteiger partial charge in [-0.05, 0) is 42.8 Å². The molecule has 1 unspecified atom stereocenters. The number of imidazole rings is 1. The highest BCUT2D eigenvalue weighted by molar-refractivity contribution is 6.33. The Labute approximate surface area is 179 Å². The van der Waals surface area contributed by atoms with E-state index in [0.29, 0.717) is 22.2 Å². The molecule has 0 bridgehead atoms. The Morgan fingerprint density at radius 2 is 1.62 bits per heavy atom. The summed E-state index contributed by atoms with van der Waals surface area (Å²) in [5, 5.41) is 4.13. The highest BCUT2D eigenvalue weighted by Gasteiger charge is 2.20. The molecule has 3 aromatic carbocycles. The average Bonchev–Trinajstić information content (AvgIpc) is 3.08. The lowest BCUT2D eigenvalue weighted by molar-refractivity contribution is 0.0938. The molecule has 0 fully saturated rings. The number of aromatic nitrogens is 2. The summed E-state index contributed by atoms with van der Waals surface area (Å²) < 4.78 is 2.09. The summed E-state index contributed by atoms with van der Waals surface area (Å²) >= 11 is 12.6. The topological polar surface area (TPSA) is 46.9 Å². The maximum Gasteiger partial charge on any atom is 0.253 e. The molecule has 1 atom stereocenters. The fourth-order valence-electron chi connectivity index (χ4n) is 3.37. The lowest BCUT2D eigenvalue weighted by Crippen LogP contribution is -2.29. The van der Waals surface area contributed by atoms with E-state index in [-0.39, 0.29) is 11.9 Å². The first-order valence-corrected chi connectivity index (χ1v) is 10.0. The molecule has 0 saturated carbocycles. The third-order valence-corrected chi connectivity index (χ3v) is 5.52. The van der Waals surface area contributed by atoms with Crippen LogP contribution in [-0.2, 0) is 6.54 Å².